The van der Waals surface area contributed by atoms with E-state index in [1.54, 1.807) is 9.80 Å². The Bertz CT molecular complexity index is 2790. The van der Waals surface area contributed by atoms with Crippen molar-refractivity contribution in [2.45, 2.75) is 65.6 Å². The average Bonchev–Trinajstić information content (AvgIpc) is 3.92. The molecule has 10 rings (SSSR count). The van der Waals surface area contributed by atoms with Gasteiger partial charge in [-0.05, 0) is 98.5 Å². The number of hydrogen-bond donors (Lipinski definition) is 2. The summed E-state index contributed by atoms with van der Waals surface area (Å²) in [5.74, 6) is 0. The molecule has 2 N–H and O–H groups in total. The van der Waals surface area contributed by atoms with Gasteiger partial charge < -0.3 is 29.1 Å². The van der Waals surface area contributed by atoms with Crippen molar-refractivity contribution in [2.75, 3.05) is 62.2 Å². The van der Waals surface area contributed by atoms with Crippen LogP contribution in [0.3, 0.4) is 0 Å². The second kappa shape index (κ2) is 18.4. The molecule has 66 heavy (non-hydrogen) atoms. The van der Waals surface area contributed by atoms with Gasteiger partial charge in [-0.1, -0.05) is 97.1 Å². The lowest BCUT2D eigenvalue weighted by Gasteiger charge is -2.37. The molecule has 2 aromatic heterocycles. The van der Waals surface area contributed by atoms with E-state index < -0.39 is 11.2 Å². The highest BCUT2D eigenvalue weighted by Crippen LogP contribution is 2.34. The molecular formula is C54H60N8O4. The summed E-state index contributed by atoms with van der Waals surface area (Å²) in [7, 11) is 0. The molecule has 0 unspecified atom stereocenters. The van der Waals surface area contributed by atoms with Crippen molar-refractivity contribution in [1.82, 2.24) is 30.2 Å². The Morgan fingerprint density at radius 1 is 0.485 bits per heavy atom. The van der Waals surface area contributed by atoms with Crippen molar-refractivity contribution in [3.05, 3.63) is 144 Å². The van der Waals surface area contributed by atoms with Gasteiger partial charge in [0.25, 0.3) is 0 Å². The minimum Gasteiger partial charge on any atom is -0.444 e. The van der Waals surface area contributed by atoms with Gasteiger partial charge in [0.15, 0.2) is 0 Å². The summed E-state index contributed by atoms with van der Waals surface area (Å²) in [6.07, 6.45) is 1.10. The Morgan fingerprint density at radius 2 is 0.848 bits per heavy atom. The van der Waals surface area contributed by atoms with Gasteiger partial charge in [-0.25, -0.2) is 9.59 Å². The molecule has 4 heterocycles. The van der Waals surface area contributed by atoms with Crippen LogP contribution in [0.1, 0.15) is 64.1 Å². The molecule has 6 aromatic carbocycles. The van der Waals surface area contributed by atoms with Gasteiger partial charge in [-0.15, -0.1) is 0 Å². The lowest BCUT2D eigenvalue weighted by Crippen LogP contribution is -2.50. The normalized spacial score (nSPS) is 14.8. The number of piperazine rings is 2. The van der Waals surface area contributed by atoms with Crippen LogP contribution in [-0.4, -0.2) is 106 Å². The molecule has 0 atom stereocenters. The van der Waals surface area contributed by atoms with Crippen molar-refractivity contribution in [2.24, 2.45) is 0 Å². The number of aromatic amines is 2. The lowest BCUT2D eigenvalue weighted by molar-refractivity contribution is 0.0230. The number of nitrogens with one attached hydrogen (secondary N) is 2. The van der Waals surface area contributed by atoms with E-state index >= 15 is 0 Å². The number of nitrogens with zero attached hydrogens (tertiary/aromatic N) is 6. The topological polar surface area (TPSA) is 123 Å². The van der Waals surface area contributed by atoms with E-state index in [1.165, 1.54) is 44.0 Å². The zero-order valence-electron chi connectivity index (χ0n) is 38.9. The van der Waals surface area contributed by atoms with Crippen molar-refractivity contribution in [3.63, 3.8) is 0 Å². The van der Waals surface area contributed by atoms with Crippen LogP contribution in [0.2, 0.25) is 0 Å². The first-order valence-electron chi connectivity index (χ1n) is 23.1. The number of aromatic nitrogens is 4. The number of H-pyrrole nitrogens is 2. The minimum atomic E-state index is -0.479. The Labute approximate surface area is 386 Å². The third-order valence-corrected chi connectivity index (χ3v) is 12.3. The largest absolute Gasteiger partial charge is 0.444 e. The number of anilines is 2. The number of carbonyl (C=O) groups is 2. The van der Waals surface area contributed by atoms with Crippen LogP contribution in [0.5, 0.6) is 0 Å². The predicted octanol–water partition coefficient (Wildman–Crippen LogP) is 10.7. The molecule has 2 aliphatic rings. The van der Waals surface area contributed by atoms with Crippen LogP contribution < -0.4 is 9.80 Å². The van der Waals surface area contributed by atoms with E-state index in [1.807, 2.05) is 41.5 Å². The summed E-state index contributed by atoms with van der Waals surface area (Å²) < 4.78 is 11.1. The molecule has 12 heteroatoms. The maximum atomic E-state index is 12.5. The number of ether oxygens (including phenoxy) is 2. The number of amides is 2. The molecule has 8 aromatic rings. The molecule has 12 nitrogen and oxygen atoms in total. The Balaban J connectivity index is 0.000000166. The molecule has 0 spiro atoms. The second-order valence-electron chi connectivity index (χ2n) is 19.3. The maximum absolute atomic E-state index is 12.5. The Morgan fingerprint density at radius 3 is 1.24 bits per heavy atom. The van der Waals surface area contributed by atoms with Gasteiger partial charge in [0.2, 0.25) is 0 Å². The quantitative estimate of drug-likeness (QED) is 0.169. The highest BCUT2D eigenvalue weighted by molar-refractivity contribution is 5.96. The third kappa shape index (κ3) is 9.78. The van der Waals surface area contributed by atoms with E-state index in [0.29, 0.717) is 26.2 Å². The van der Waals surface area contributed by atoms with Gasteiger partial charge >= 0.3 is 12.2 Å². The summed E-state index contributed by atoms with van der Waals surface area (Å²) in [5, 5.41) is 23.2. The lowest BCUT2D eigenvalue weighted by atomic mass is 9.99. The molecule has 0 saturated carbocycles. The van der Waals surface area contributed by atoms with E-state index in [2.05, 4.69) is 152 Å². The number of hydrogen-bond acceptors (Lipinski definition) is 8. The summed E-state index contributed by atoms with van der Waals surface area (Å²) in [6, 6.07) is 42.5. The zero-order chi connectivity index (χ0) is 46.0. The fourth-order valence-corrected chi connectivity index (χ4v) is 9.20. The predicted molar refractivity (Wildman–Crippen MR) is 266 cm³/mol. The van der Waals surface area contributed by atoms with Crippen LogP contribution in [0.4, 0.5) is 21.0 Å². The monoisotopic (exact) mass is 884 g/mol. The van der Waals surface area contributed by atoms with Crippen molar-refractivity contribution >= 4 is 66.9 Å². The molecule has 340 valence electrons. The molecule has 0 bridgehead atoms. The Hall–Kier alpha value is -7.08. The van der Waals surface area contributed by atoms with Gasteiger partial charge in [0, 0.05) is 98.7 Å². The zero-order valence-corrected chi connectivity index (χ0v) is 38.9. The van der Waals surface area contributed by atoms with Gasteiger partial charge in [-0.3, -0.25) is 10.2 Å². The number of carbonyl (C=O) groups excluding carboxylic acids is 2. The minimum absolute atomic E-state index is 0.236. The standard InChI is InChI=1S/2C27H30N4O2/c2*1-27(2,3)33-26(32)31-16-14-30(15-17-31)24-13-7-12-22-25(24)23(29-28-22)18-20-10-6-9-19-8-4-5-11-21(19)20/h2*4-13H,14-18H2,1-3H3,(H,28,29). The van der Waals surface area contributed by atoms with Crippen LogP contribution in [0, 0.1) is 0 Å². The molecule has 2 amide bonds. The summed E-state index contributed by atoms with van der Waals surface area (Å²) >= 11 is 0. The van der Waals surface area contributed by atoms with E-state index in [4.69, 9.17) is 9.47 Å². The number of rotatable bonds is 6. The first-order chi connectivity index (χ1) is 31.8. The summed E-state index contributed by atoms with van der Waals surface area (Å²) in [6.45, 7) is 17.0. The van der Waals surface area contributed by atoms with E-state index in [9.17, 15) is 9.59 Å². The molecule has 2 fully saturated rings. The first-order valence-corrected chi connectivity index (χ1v) is 23.1. The number of fused-ring (bicyclic) bond motifs is 4. The number of benzene rings is 6. The van der Waals surface area contributed by atoms with E-state index in [0.717, 1.165) is 72.2 Å². The van der Waals surface area contributed by atoms with Crippen molar-refractivity contribution < 1.29 is 19.1 Å². The summed E-state index contributed by atoms with van der Waals surface area (Å²) in [4.78, 5) is 33.2. The molecular weight excluding hydrogens is 825 g/mol. The SMILES string of the molecule is CC(C)(C)OC(=O)N1CCN(c2cccc3n[nH]c(Cc4cccc5ccccc45)c23)CC1.CC(C)(C)OC(=O)N1CCN(c2cccc3n[nH]c(Cc4cccc5ccccc45)c23)CC1. The molecule has 0 aliphatic carbocycles. The van der Waals surface area contributed by atoms with Crippen molar-refractivity contribution in [3.8, 4) is 0 Å². The van der Waals surface area contributed by atoms with Gasteiger partial charge in [0.05, 0.1) is 11.0 Å². The average molecular weight is 885 g/mol. The maximum Gasteiger partial charge on any atom is 0.410 e. The third-order valence-electron chi connectivity index (χ3n) is 12.3. The van der Waals surface area contributed by atoms with Crippen LogP contribution in [-0.2, 0) is 22.3 Å². The second-order valence-corrected chi connectivity index (χ2v) is 19.3. The van der Waals surface area contributed by atoms with Crippen molar-refractivity contribution in [1.29, 1.82) is 0 Å². The molecule has 2 saturated heterocycles. The Kier molecular flexibility index (Phi) is 12.3. The van der Waals surface area contributed by atoms with Gasteiger partial charge in [0.1, 0.15) is 11.2 Å². The molecule has 2 aliphatic heterocycles. The molecule has 0 radical (unpaired) electrons. The fraction of sp³-hybridized carbons (Fsp3) is 0.333. The smallest absolute Gasteiger partial charge is 0.410 e. The van der Waals surface area contributed by atoms with Gasteiger partial charge in [-0.2, -0.15) is 10.2 Å². The summed E-state index contributed by atoms with van der Waals surface area (Å²) in [5.41, 5.74) is 8.11. The van der Waals surface area contributed by atoms with Crippen LogP contribution >= 0.6 is 0 Å². The van der Waals surface area contributed by atoms with Crippen LogP contribution in [0.25, 0.3) is 43.4 Å². The highest BCUT2D eigenvalue weighted by atomic mass is 16.6. The highest BCUT2D eigenvalue weighted by Gasteiger charge is 2.29. The van der Waals surface area contributed by atoms with Crippen LogP contribution in [0.15, 0.2) is 121 Å². The van der Waals surface area contributed by atoms with E-state index in [-0.39, 0.29) is 12.2 Å². The first kappa shape index (κ1) is 44.1. The fourth-order valence-electron chi connectivity index (χ4n) is 9.20.